The highest BCUT2D eigenvalue weighted by Gasteiger charge is 2.40. The van der Waals surface area contributed by atoms with E-state index in [1.165, 1.54) is 6.07 Å². The molecule has 0 saturated heterocycles. The molecule has 0 spiro atoms. The Morgan fingerprint density at radius 1 is 0.771 bits per heavy atom. The van der Waals surface area contributed by atoms with Crippen molar-refractivity contribution in [2.24, 2.45) is 11.8 Å². The van der Waals surface area contributed by atoms with Crippen LogP contribution in [0.1, 0.15) is 87.3 Å². The Morgan fingerprint density at radius 2 is 1.34 bits per heavy atom. The maximum Gasteiger partial charge on any atom is 0.386 e. The first-order valence-corrected chi connectivity index (χ1v) is 12.7. The van der Waals surface area contributed by atoms with Crippen molar-refractivity contribution in [3.8, 4) is 0 Å². The van der Waals surface area contributed by atoms with Crippen molar-refractivity contribution in [2.45, 2.75) is 89.3 Å². The zero-order chi connectivity index (χ0) is 25.2. The molecule has 1 nitrogen and oxygen atoms in total. The molecular weight excluding hydrogens is 466 g/mol. The third-order valence-corrected chi connectivity index (χ3v) is 7.84. The molecule has 4 rings (SSSR count). The molecule has 2 aromatic rings. The Kier molecular flexibility index (Phi) is 8.14. The van der Waals surface area contributed by atoms with Crippen molar-refractivity contribution in [2.75, 3.05) is 0 Å². The van der Waals surface area contributed by atoms with Gasteiger partial charge in [0.2, 0.25) is 0 Å². The van der Waals surface area contributed by atoms with Crippen molar-refractivity contribution in [1.29, 1.82) is 0 Å². The van der Waals surface area contributed by atoms with Crippen molar-refractivity contribution in [3.63, 3.8) is 0 Å². The van der Waals surface area contributed by atoms with Gasteiger partial charge in [-0.25, -0.2) is 17.6 Å². The summed E-state index contributed by atoms with van der Waals surface area (Å²) in [6.45, 7) is 1.94. The van der Waals surface area contributed by atoms with Crippen molar-refractivity contribution < 1.29 is 31.1 Å². The van der Waals surface area contributed by atoms with Gasteiger partial charge in [-0.15, -0.1) is 0 Å². The van der Waals surface area contributed by atoms with Crippen molar-refractivity contribution in [1.82, 2.24) is 0 Å². The number of ether oxygens (including phenoxy) is 1. The van der Waals surface area contributed by atoms with Gasteiger partial charge in [-0.1, -0.05) is 19.4 Å². The Labute approximate surface area is 202 Å². The Morgan fingerprint density at radius 3 is 1.89 bits per heavy atom. The second-order valence-corrected chi connectivity index (χ2v) is 10.1. The molecule has 0 atom stereocenters. The molecule has 0 radical (unpaired) electrons. The lowest BCUT2D eigenvalue weighted by Crippen LogP contribution is -2.32. The minimum atomic E-state index is -3.68. The number of hydrogen-bond donors (Lipinski definition) is 0. The molecule has 0 aliphatic heterocycles. The van der Waals surface area contributed by atoms with E-state index in [1.807, 2.05) is 6.92 Å². The molecule has 0 N–H and O–H groups in total. The van der Waals surface area contributed by atoms with E-state index in [4.69, 9.17) is 4.74 Å². The van der Waals surface area contributed by atoms with Gasteiger partial charge in [-0.3, -0.25) is 0 Å². The molecule has 192 valence electrons. The molecule has 0 bridgehead atoms. The average Bonchev–Trinajstić information content (AvgIpc) is 2.83. The van der Waals surface area contributed by atoms with Gasteiger partial charge in [-0.2, -0.15) is 8.78 Å². The van der Waals surface area contributed by atoms with Crippen LogP contribution in [0.4, 0.5) is 26.3 Å². The Bertz CT molecular complexity index is 983. The molecule has 2 aliphatic carbocycles. The maximum absolute atomic E-state index is 14.7. The highest BCUT2D eigenvalue weighted by Crippen LogP contribution is 2.45. The quantitative estimate of drug-likeness (QED) is 0.274. The van der Waals surface area contributed by atoms with E-state index in [0.717, 1.165) is 69.2 Å². The van der Waals surface area contributed by atoms with Gasteiger partial charge in [0.05, 0.1) is 11.7 Å². The Hall–Kier alpha value is -2.02. The highest BCUT2D eigenvalue weighted by atomic mass is 19.3. The molecule has 2 fully saturated rings. The summed E-state index contributed by atoms with van der Waals surface area (Å²) in [7, 11) is 0. The largest absolute Gasteiger partial charge is 0.386 e. The number of benzene rings is 2. The van der Waals surface area contributed by atoms with Crippen LogP contribution in [-0.4, -0.2) is 6.10 Å². The van der Waals surface area contributed by atoms with Crippen LogP contribution in [0.15, 0.2) is 30.3 Å². The lowest BCUT2D eigenvalue weighted by molar-refractivity contribution is -0.279. The number of hydrogen-bond acceptors (Lipinski definition) is 1. The van der Waals surface area contributed by atoms with Gasteiger partial charge in [0.1, 0.15) is 5.82 Å². The van der Waals surface area contributed by atoms with Gasteiger partial charge in [0.15, 0.2) is 17.5 Å². The summed E-state index contributed by atoms with van der Waals surface area (Å²) in [6, 6.07) is 6.00. The minimum absolute atomic E-state index is 0.00664. The normalized spacial score (nSPS) is 25.6. The van der Waals surface area contributed by atoms with Crippen molar-refractivity contribution in [3.05, 3.63) is 70.3 Å². The van der Waals surface area contributed by atoms with Crippen LogP contribution in [0.5, 0.6) is 0 Å². The van der Waals surface area contributed by atoms with E-state index >= 15 is 0 Å². The van der Waals surface area contributed by atoms with Crippen LogP contribution in [0, 0.1) is 35.1 Å². The van der Waals surface area contributed by atoms with E-state index in [-0.39, 0.29) is 5.92 Å². The summed E-state index contributed by atoms with van der Waals surface area (Å²) in [5, 5.41) is 0. The second-order valence-electron chi connectivity index (χ2n) is 10.1. The topological polar surface area (TPSA) is 9.23 Å². The fourth-order valence-corrected chi connectivity index (χ4v) is 5.92. The van der Waals surface area contributed by atoms with Gasteiger partial charge in [0, 0.05) is 0 Å². The zero-order valence-electron chi connectivity index (χ0n) is 19.9. The molecule has 2 aromatic carbocycles. The van der Waals surface area contributed by atoms with Crippen LogP contribution in [0.3, 0.4) is 0 Å². The first-order valence-electron chi connectivity index (χ1n) is 12.7. The van der Waals surface area contributed by atoms with Crippen molar-refractivity contribution >= 4 is 0 Å². The van der Waals surface area contributed by atoms with Crippen LogP contribution < -0.4 is 0 Å². The third-order valence-electron chi connectivity index (χ3n) is 7.84. The first kappa shape index (κ1) is 26.1. The van der Waals surface area contributed by atoms with Crippen LogP contribution >= 0.6 is 0 Å². The molecule has 0 heterocycles. The maximum atomic E-state index is 14.7. The van der Waals surface area contributed by atoms with E-state index < -0.39 is 41.0 Å². The second kappa shape index (κ2) is 10.9. The lowest BCUT2D eigenvalue weighted by atomic mass is 9.69. The molecule has 0 aromatic heterocycles. The standard InChI is InChI=1S/C28H32F6O/c1-2-3-17-4-13-23(24(29)14-17)28(33,34)35-22-11-9-19(10-12-22)18-5-7-20(8-6-18)21-15-25(30)27(32)26(31)16-21/h4,13-16,18-20,22H,2-3,5-12H2,1H3. The molecule has 0 amide bonds. The summed E-state index contributed by atoms with van der Waals surface area (Å²) in [5.74, 6) is -3.89. The first-order chi connectivity index (χ1) is 16.7. The highest BCUT2D eigenvalue weighted by molar-refractivity contribution is 5.27. The lowest BCUT2D eigenvalue weighted by Gasteiger charge is -2.38. The minimum Gasteiger partial charge on any atom is -0.313 e. The predicted molar refractivity (Wildman–Crippen MR) is 122 cm³/mol. The van der Waals surface area contributed by atoms with E-state index in [2.05, 4.69) is 0 Å². The summed E-state index contributed by atoms with van der Waals surface area (Å²) in [4.78, 5) is 0. The molecule has 2 saturated carbocycles. The molecule has 0 unspecified atom stereocenters. The number of halogens is 6. The number of rotatable bonds is 7. The number of alkyl halides is 2. The molecular formula is C28H32F6O. The summed E-state index contributed by atoms with van der Waals surface area (Å²) < 4.78 is 89.3. The van der Waals surface area contributed by atoms with Gasteiger partial charge in [-0.05, 0) is 111 Å². The molecule has 2 aliphatic rings. The number of aryl methyl sites for hydroxylation is 1. The summed E-state index contributed by atoms with van der Waals surface area (Å²) in [6.07, 6.45) is 2.92. The predicted octanol–water partition coefficient (Wildman–Crippen LogP) is 8.79. The van der Waals surface area contributed by atoms with E-state index in [1.54, 1.807) is 0 Å². The molecule has 7 heteroatoms. The SMILES string of the molecule is CCCc1ccc(C(F)(F)OC2CCC(C3CCC(c4cc(F)c(F)c(F)c4)CC3)CC2)c(F)c1. The summed E-state index contributed by atoms with van der Waals surface area (Å²) in [5.41, 5.74) is 0.468. The Balaban J connectivity index is 1.28. The fourth-order valence-electron chi connectivity index (χ4n) is 5.92. The monoisotopic (exact) mass is 498 g/mol. The zero-order valence-corrected chi connectivity index (χ0v) is 19.9. The third kappa shape index (κ3) is 6.04. The fraction of sp³-hybridized carbons (Fsp3) is 0.571. The van der Waals surface area contributed by atoms with E-state index in [0.29, 0.717) is 42.2 Å². The van der Waals surface area contributed by atoms with Crippen LogP contribution in [0.2, 0.25) is 0 Å². The van der Waals surface area contributed by atoms with Gasteiger partial charge >= 0.3 is 6.11 Å². The van der Waals surface area contributed by atoms with Crippen LogP contribution in [0.25, 0.3) is 0 Å². The van der Waals surface area contributed by atoms with E-state index in [9.17, 15) is 26.3 Å². The van der Waals surface area contributed by atoms with Gasteiger partial charge < -0.3 is 4.74 Å². The molecule has 35 heavy (non-hydrogen) atoms. The summed E-state index contributed by atoms with van der Waals surface area (Å²) >= 11 is 0. The van der Waals surface area contributed by atoms with Gasteiger partial charge in [0.25, 0.3) is 0 Å². The average molecular weight is 499 g/mol. The smallest absolute Gasteiger partial charge is 0.313 e. The van der Waals surface area contributed by atoms with Crippen LogP contribution in [-0.2, 0) is 17.3 Å².